The molecule has 5 aliphatic rings. The predicted molar refractivity (Wildman–Crippen MR) is 151 cm³/mol. The molecule has 13 nitrogen and oxygen atoms in total. The number of hydrogen-bond donors (Lipinski definition) is 5. The van der Waals surface area contributed by atoms with Crippen molar-refractivity contribution >= 4 is 17.7 Å². The lowest BCUT2D eigenvalue weighted by molar-refractivity contribution is -0.328. The number of carboxylic acid groups (broad SMARTS) is 1. The van der Waals surface area contributed by atoms with Gasteiger partial charge >= 0.3 is 11.9 Å². The number of aliphatic hydroxyl groups excluding tert-OH is 4. The van der Waals surface area contributed by atoms with Crippen molar-refractivity contribution in [2.24, 2.45) is 28.1 Å². The maximum atomic E-state index is 14.6. The Kier molecular flexibility index (Phi) is 7.48. The summed E-state index contributed by atoms with van der Waals surface area (Å²) in [6, 6.07) is 1.61. The maximum absolute atomic E-state index is 14.6. The number of epoxide rings is 1. The summed E-state index contributed by atoms with van der Waals surface area (Å²) in [6.07, 6.45) is -3.67. The minimum Gasteiger partial charge on any atom is -0.479 e. The molecule has 2 saturated carbocycles. The first kappa shape index (κ1) is 32.3. The molecule has 6 rings (SSSR count). The van der Waals surface area contributed by atoms with Gasteiger partial charge in [0, 0.05) is 29.4 Å². The van der Waals surface area contributed by atoms with Gasteiger partial charge in [-0.05, 0) is 51.0 Å². The Morgan fingerprint density at radius 2 is 1.78 bits per heavy atom. The molecule has 5 N–H and O–H groups in total. The van der Waals surface area contributed by atoms with Crippen LogP contribution in [0.1, 0.15) is 65.5 Å². The van der Waals surface area contributed by atoms with Gasteiger partial charge in [0.25, 0.3) is 0 Å². The first-order chi connectivity index (χ1) is 21.0. The Bertz CT molecular complexity index is 1390. The Hall–Kier alpha value is -2.65. The summed E-state index contributed by atoms with van der Waals surface area (Å²) in [4.78, 5) is 40.0. The normalized spacial score (nSPS) is 47.8. The summed E-state index contributed by atoms with van der Waals surface area (Å²) in [5.41, 5.74) is -5.57. The standard InChI is InChI=1S/C32H42O13/c1-28(2)18-12-19(34)31(5)17(29(18,3)9-7-20(35)44-28)6-10-30(4,32(31)25(45-32)26(39)40)24(15-8-11-41-14-15)43-27-23(38)22(37)21(36)16(13-33)42-27/h7-9,11,14,16-18,21-25,27,33,36-38H,6,10,12-13H2,1-5H3,(H,39,40)/t16-,17?,18?,21-,22+,23-,24+,25+,27+,29-,30+,31+,32-/m1/s1. The van der Waals surface area contributed by atoms with Crippen molar-refractivity contribution in [1.82, 2.24) is 0 Å². The lowest BCUT2D eigenvalue weighted by Crippen LogP contribution is -2.70. The van der Waals surface area contributed by atoms with Gasteiger partial charge in [-0.2, -0.15) is 0 Å². The van der Waals surface area contributed by atoms with Crippen LogP contribution in [-0.2, 0) is 33.3 Å². The van der Waals surface area contributed by atoms with Crippen LogP contribution in [0.25, 0.3) is 0 Å². The second-order valence-electron chi connectivity index (χ2n) is 14.5. The van der Waals surface area contributed by atoms with Crippen LogP contribution in [0.4, 0.5) is 0 Å². The highest BCUT2D eigenvalue weighted by molar-refractivity contribution is 5.92. The highest BCUT2D eigenvalue weighted by Crippen LogP contribution is 2.77. The Morgan fingerprint density at radius 1 is 1.07 bits per heavy atom. The van der Waals surface area contributed by atoms with Crippen molar-refractivity contribution in [2.75, 3.05) is 6.61 Å². The minimum atomic E-state index is -1.73. The fourth-order valence-electron chi connectivity index (χ4n) is 9.67. The van der Waals surface area contributed by atoms with Gasteiger partial charge in [0.1, 0.15) is 41.4 Å². The van der Waals surface area contributed by atoms with Gasteiger partial charge in [-0.1, -0.05) is 19.9 Å². The van der Waals surface area contributed by atoms with Gasteiger partial charge in [0.15, 0.2) is 12.4 Å². The Labute approximate surface area is 260 Å². The Balaban J connectivity index is 1.48. The fourth-order valence-corrected chi connectivity index (χ4v) is 9.67. The molecule has 248 valence electrons. The van der Waals surface area contributed by atoms with E-state index in [4.69, 9.17) is 23.4 Å². The second-order valence-corrected chi connectivity index (χ2v) is 14.5. The third kappa shape index (κ3) is 4.28. The van der Waals surface area contributed by atoms with E-state index >= 15 is 0 Å². The van der Waals surface area contributed by atoms with E-state index in [1.54, 1.807) is 39.8 Å². The summed E-state index contributed by atoms with van der Waals surface area (Å²) in [7, 11) is 0. The zero-order chi connectivity index (χ0) is 32.9. The van der Waals surface area contributed by atoms with Gasteiger partial charge in [0.2, 0.25) is 0 Å². The molecule has 0 bridgehead atoms. The molecule has 0 radical (unpaired) electrons. The van der Waals surface area contributed by atoms with Crippen LogP contribution in [0.3, 0.4) is 0 Å². The molecule has 1 aromatic rings. The smallest absolute Gasteiger partial charge is 0.335 e. The van der Waals surface area contributed by atoms with Gasteiger partial charge in [-0.25, -0.2) is 9.59 Å². The number of ketones is 1. The van der Waals surface area contributed by atoms with Crippen LogP contribution in [0.15, 0.2) is 35.2 Å². The number of ether oxygens (including phenoxy) is 4. The molecular weight excluding hydrogens is 592 g/mol. The fraction of sp³-hybridized carbons (Fsp3) is 0.719. The lowest BCUT2D eigenvalue weighted by atomic mass is 9.38. The number of aliphatic hydroxyl groups is 4. The number of carboxylic acids is 1. The van der Waals surface area contributed by atoms with Gasteiger partial charge < -0.3 is 48.9 Å². The van der Waals surface area contributed by atoms with Crippen LogP contribution >= 0.6 is 0 Å². The molecule has 13 heteroatoms. The van der Waals surface area contributed by atoms with Crippen LogP contribution in [-0.4, -0.2) is 97.9 Å². The van der Waals surface area contributed by atoms with E-state index in [2.05, 4.69) is 0 Å². The molecule has 1 spiro atoms. The topological polar surface area (TPSA) is 206 Å². The monoisotopic (exact) mass is 634 g/mol. The van der Waals surface area contributed by atoms with E-state index in [0.29, 0.717) is 12.0 Å². The number of aliphatic carboxylic acids is 1. The highest BCUT2D eigenvalue weighted by Gasteiger charge is 2.86. The zero-order valence-corrected chi connectivity index (χ0v) is 25.9. The molecule has 1 aromatic heterocycles. The molecule has 0 aromatic carbocycles. The van der Waals surface area contributed by atoms with Crippen LogP contribution in [0.5, 0.6) is 0 Å². The molecule has 0 amide bonds. The third-order valence-corrected chi connectivity index (χ3v) is 11.9. The molecule has 2 unspecified atom stereocenters. The van der Waals surface area contributed by atoms with E-state index < -0.39 is 101 Å². The van der Waals surface area contributed by atoms with Gasteiger partial charge in [-0.15, -0.1) is 0 Å². The summed E-state index contributed by atoms with van der Waals surface area (Å²) in [6.45, 7) is 8.42. The van der Waals surface area contributed by atoms with Crippen LogP contribution < -0.4 is 0 Å². The number of allylic oxidation sites excluding steroid dienone is 1. The number of Topliss-reactive ketones (excluding diaryl/α,β-unsaturated/α-hetero) is 1. The van der Waals surface area contributed by atoms with E-state index in [1.165, 1.54) is 18.6 Å². The summed E-state index contributed by atoms with van der Waals surface area (Å²) in [5.74, 6) is -2.84. The average Bonchev–Trinajstić information content (AvgIpc) is 3.56. The molecule has 4 fully saturated rings. The molecule has 3 aliphatic heterocycles. The van der Waals surface area contributed by atoms with Crippen molar-refractivity contribution in [3.8, 4) is 0 Å². The van der Waals surface area contributed by atoms with Crippen molar-refractivity contribution in [1.29, 1.82) is 0 Å². The number of rotatable bonds is 6. The van der Waals surface area contributed by atoms with Crippen molar-refractivity contribution in [3.05, 3.63) is 36.3 Å². The van der Waals surface area contributed by atoms with Gasteiger partial charge in [-0.3, -0.25) is 4.79 Å². The number of fused-ring (bicyclic) bond motifs is 4. The van der Waals surface area contributed by atoms with E-state index in [9.17, 15) is 39.9 Å². The zero-order valence-electron chi connectivity index (χ0n) is 25.9. The lowest BCUT2D eigenvalue weighted by Gasteiger charge is -2.64. The van der Waals surface area contributed by atoms with E-state index in [0.717, 1.165) is 0 Å². The average molecular weight is 635 g/mol. The first-order valence-corrected chi connectivity index (χ1v) is 15.3. The number of esters is 1. The quantitative estimate of drug-likeness (QED) is 0.221. The van der Waals surface area contributed by atoms with Gasteiger partial charge in [0.05, 0.1) is 30.7 Å². The molecule has 45 heavy (non-hydrogen) atoms. The van der Waals surface area contributed by atoms with E-state index in [-0.39, 0.29) is 18.6 Å². The van der Waals surface area contributed by atoms with E-state index in [1.807, 2.05) is 6.92 Å². The molecular formula is C32H42O13. The maximum Gasteiger partial charge on any atom is 0.335 e. The number of carbonyl (C=O) groups is 3. The summed E-state index contributed by atoms with van der Waals surface area (Å²) in [5, 5.41) is 51.9. The number of hydrogen-bond acceptors (Lipinski definition) is 12. The Morgan fingerprint density at radius 3 is 2.38 bits per heavy atom. The highest BCUT2D eigenvalue weighted by atomic mass is 16.7. The number of carbonyl (C=O) groups excluding carboxylic acids is 2. The predicted octanol–water partition coefficient (Wildman–Crippen LogP) is 1.27. The third-order valence-electron chi connectivity index (χ3n) is 11.9. The molecule has 2 aliphatic carbocycles. The minimum absolute atomic E-state index is 0.00555. The summed E-state index contributed by atoms with van der Waals surface area (Å²) >= 11 is 0. The molecule has 4 heterocycles. The first-order valence-electron chi connectivity index (χ1n) is 15.3. The molecule has 2 saturated heterocycles. The van der Waals surface area contributed by atoms with Crippen molar-refractivity contribution in [3.63, 3.8) is 0 Å². The van der Waals surface area contributed by atoms with Crippen LogP contribution in [0, 0.1) is 28.1 Å². The van der Waals surface area contributed by atoms with Crippen LogP contribution in [0.2, 0.25) is 0 Å². The van der Waals surface area contributed by atoms with Crippen molar-refractivity contribution < 1.29 is 63.3 Å². The van der Waals surface area contributed by atoms with Crippen molar-refractivity contribution in [2.45, 2.75) is 108 Å². The SMILES string of the molecule is CC1(C)OC(=O)C=C[C@@]2(C)C1CC(=O)[C@]1(C)C2CC[C@@](C)([C@@H](O[C@@H]2O[C@H](CO)[C@@H](O)[C@H](O)[C@H]2O)c2ccoc2)[C@@]12O[C@H]2C(=O)O. The summed E-state index contributed by atoms with van der Waals surface area (Å²) < 4.78 is 29.5. The molecule has 13 atom stereocenters. The number of furan rings is 1. The largest absolute Gasteiger partial charge is 0.479 e. The second kappa shape index (κ2) is 10.4. The number of cyclic esters (lactones) is 1.